The van der Waals surface area contributed by atoms with Crippen LogP contribution in [-0.2, 0) is 4.79 Å². The van der Waals surface area contributed by atoms with Gasteiger partial charge in [-0.05, 0) is 61.2 Å². The van der Waals surface area contributed by atoms with Gasteiger partial charge in [-0.3, -0.25) is 4.79 Å². The number of piperidine rings is 1. The van der Waals surface area contributed by atoms with Crippen LogP contribution in [0.5, 0.6) is 5.75 Å². The number of hydrogen-bond acceptors (Lipinski definition) is 3. The number of nitrogens with zero attached hydrogens (tertiary/aromatic N) is 1. The van der Waals surface area contributed by atoms with Gasteiger partial charge in [0.25, 0.3) is 5.91 Å². The Morgan fingerprint density at radius 2 is 2.10 bits per heavy atom. The molecule has 1 aliphatic heterocycles. The highest BCUT2D eigenvalue weighted by Gasteiger charge is 2.32. The molecule has 1 aliphatic rings. The lowest BCUT2D eigenvalue weighted by molar-refractivity contribution is -0.142. The molecule has 0 bridgehead atoms. The predicted molar refractivity (Wildman–Crippen MR) is 87.2 cm³/mol. The smallest absolute Gasteiger partial charge is 0.263 e. The minimum absolute atomic E-state index is 0.00934. The van der Waals surface area contributed by atoms with Crippen LogP contribution in [0.25, 0.3) is 0 Å². The summed E-state index contributed by atoms with van der Waals surface area (Å²) in [5.41, 5.74) is 6.03. The number of ether oxygens (including phenoxy) is 1. The van der Waals surface area contributed by atoms with Gasteiger partial charge in [0, 0.05) is 18.6 Å². The maximum atomic E-state index is 12.7. The van der Waals surface area contributed by atoms with E-state index in [2.05, 4.69) is 15.9 Å². The van der Waals surface area contributed by atoms with Crippen molar-refractivity contribution in [1.29, 1.82) is 0 Å². The normalized spacial score (nSPS) is 21.7. The summed E-state index contributed by atoms with van der Waals surface area (Å²) in [4.78, 5) is 14.6. The number of carbonyl (C=O) groups excluding carboxylic acids is 1. The Hall–Kier alpha value is -1.07. The summed E-state index contributed by atoms with van der Waals surface area (Å²) in [5, 5.41) is 0. The van der Waals surface area contributed by atoms with E-state index in [1.807, 2.05) is 36.1 Å². The second-order valence-corrected chi connectivity index (χ2v) is 6.50. The summed E-state index contributed by atoms with van der Waals surface area (Å²) < 4.78 is 6.66. The van der Waals surface area contributed by atoms with E-state index in [4.69, 9.17) is 10.5 Å². The zero-order valence-corrected chi connectivity index (χ0v) is 14.2. The average molecular weight is 355 g/mol. The molecule has 21 heavy (non-hydrogen) atoms. The zero-order chi connectivity index (χ0) is 15.4. The standard InChI is InChI=1S/C16H23BrN2O2/c1-11(18)14-8-5-6-10-19(14)16(20)12(2)21-15-9-4-3-7-13(15)17/h3-4,7,9,11-12,14H,5-6,8,10,18H2,1-2H3. The first-order valence-electron chi connectivity index (χ1n) is 7.48. The van der Waals surface area contributed by atoms with E-state index < -0.39 is 6.10 Å². The van der Waals surface area contributed by atoms with Crippen LogP contribution in [0.3, 0.4) is 0 Å². The molecule has 1 saturated heterocycles. The molecule has 0 radical (unpaired) electrons. The number of benzene rings is 1. The monoisotopic (exact) mass is 354 g/mol. The molecule has 0 saturated carbocycles. The fraction of sp³-hybridized carbons (Fsp3) is 0.562. The average Bonchev–Trinajstić information content (AvgIpc) is 2.48. The molecule has 2 N–H and O–H groups in total. The molecular weight excluding hydrogens is 332 g/mol. The number of carbonyl (C=O) groups is 1. The van der Waals surface area contributed by atoms with Gasteiger partial charge < -0.3 is 15.4 Å². The number of rotatable bonds is 4. The van der Waals surface area contributed by atoms with Gasteiger partial charge in [-0.1, -0.05) is 12.1 Å². The highest BCUT2D eigenvalue weighted by molar-refractivity contribution is 9.10. The molecule has 3 unspecified atom stereocenters. The zero-order valence-electron chi connectivity index (χ0n) is 12.6. The Morgan fingerprint density at radius 1 is 1.38 bits per heavy atom. The summed E-state index contributed by atoms with van der Waals surface area (Å²) in [6.45, 7) is 4.54. The van der Waals surface area contributed by atoms with Crippen molar-refractivity contribution < 1.29 is 9.53 Å². The van der Waals surface area contributed by atoms with Crippen molar-refractivity contribution in [3.8, 4) is 5.75 Å². The molecule has 1 heterocycles. The molecule has 3 atom stereocenters. The molecule has 1 aromatic carbocycles. The van der Waals surface area contributed by atoms with Gasteiger partial charge in [0.2, 0.25) is 0 Å². The molecular formula is C16H23BrN2O2. The van der Waals surface area contributed by atoms with E-state index in [9.17, 15) is 4.79 Å². The number of likely N-dealkylation sites (tertiary alicyclic amines) is 1. The van der Waals surface area contributed by atoms with Crippen molar-refractivity contribution in [2.24, 2.45) is 5.73 Å². The topological polar surface area (TPSA) is 55.6 Å². The maximum Gasteiger partial charge on any atom is 0.263 e. The Morgan fingerprint density at radius 3 is 2.76 bits per heavy atom. The van der Waals surface area contributed by atoms with E-state index in [0.29, 0.717) is 5.75 Å². The Bertz CT molecular complexity index is 493. The van der Waals surface area contributed by atoms with Gasteiger partial charge in [0.05, 0.1) is 4.47 Å². The number of amides is 1. The highest BCUT2D eigenvalue weighted by atomic mass is 79.9. The molecule has 1 aromatic rings. The number of hydrogen-bond donors (Lipinski definition) is 1. The second kappa shape index (κ2) is 7.27. The molecule has 1 amide bonds. The third kappa shape index (κ3) is 3.98. The molecule has 0 aliphatic carbocycles. The lowest BCUT2D eigenvalue weighted by atomic mass is 9.96. The van der Waals surface area contributed by atoms with Crippen molar-refractivity contribution in [2.45, 2.75) is 51.3 Å². The van der Waals surface area contributed by atoms with Crippen molar-refractivity contribution in [2.75, 3.05) is 6.54 Å². The fourth-order valence-electron chi connectivity index (χ4n) is 2.79. The first-order valence-corrected chi connectivity index (χ1v) is 8.27. The van der Waals surface area contributed by atoms with Crippen molar-refractivity contribution in [3.05, 3.63) is 28.7 Å². The minimum Gasteiger partial charge on any atom is -0.480 e. The first-order chi connectivity index (χ1) is 10.0. The van der Waals surface area contributed by atoms with E-state index in [1.165, 1.54) is 0 Å². The first kappa shape index (κ1) is 16.3. The van der Waals surface area contributed by atoms with Gasteiger partial charge >= 0.3 is 0 Å². The second-order valence-electron chi connectivity index (χ2n) is 5.64. The summed E-state index contributed by atoms with van der Waals surface area (Å²) >= 11 is 3.44. The van der Waals surface area contributed by atoms with E-state index in [0.717, 1.165) is 30.3 Å². The summed E-state index contributed by atoms with van der Waals surface area (Å²) in [6.07, 6.45) is 2.64. The van der Waals surface area contributed by atoms with Crippen LogP contribution in [0, 0.1) is 0 Å². The lowest BCUT2D eigenvalue weighted by Crippen LogP contribution is -2.54. The van der Waals surface area contributed by atoms with Crippen LogP contribution >= 0.6 is 15.9 Å². The lowest BCUT2D eigenvalue weighted by Gasteiger charge is -2.39. The summed E-state index contributed by atoms with van der Waals surface area (Å²) in [7, 11) is 0. The van der Waals surface area contributed by atoms with Crippen LogP contribution in [0.15, 0.2) is 28.7 Å². The predicted octanol–water partition coefficient (Wildman–Crippen LogP) is 2.94. The SMILES string of the molecule is CC(Oc1ccccc1Br)C(=O)N1CCCCC1C(C)N. The molecule has 2 rings (SSSR count). The van der Waals surface area contributed by atoms with Gasteiger partial charge in [0.1, 0.15) is 5.75 Å². The molecule has 0 aromatic heterocycles. The van der Waals surface area contributed by atoms with Crippen LogP contribution < -0.4 is 10.5 Å². The molecule has 4 nitrogen and oxygen atoms in total. The van der Waals surface area contributed by atoms with Crippen molar-refractivity contribution >= 4 is 21.8 Å². The molecule has 1 fully saturated rings. The van der Waals surface area contributed by atoms with E-state index in [1.54, 1.807) is 6.92 Å². The number of nitrogens with two attached hydrogens (primary N) is 1. The number of para-hydroxylation sites is 1. The minimum atomic E-state index is -0.511. The van der Waals surface area contributed by atoms with Crippen LogP contribution in [0.2, 0.25) is 0 Å². The Kier molecular flexibility index (Phi) is 5.65. The molecule has 116 valence electrons. The van der Waals surface area contributed by atoms with Crippen molar-refractivity contribution in [3.63, 3.8) is 0 Å². The third-order valence-corrected chi connectivity index (χ3v) is 4.58. The van der Waals surface area contributed by atoms with Crippen LogP contribution in [0.4, 0.5) is 0 Å². The fourth-order valence-corrected chi connectivity index (χ4v) is 3.17. The highest BCUT2D eigenvalue weighted by Crippen LogP contribution is 2.26. The molecule has 0 spiro atoms. The Labute approximate surface area is 134 Å². The van der Waals surface area contributed by atoms with Gasteiger partial charge in [-0.15, -0.1) is 0 Å². The number of halogens is 1. The maximum absolute atomic E-state index is 12.7. The van der Waals surface area contributed by atoms with Crippen LogP contribution in [-0.4, -0.2) is 35.5 Å². The van der Waals surface area contributed by atoms with E-state index in [-0.39, 0.29) is 18.0 Å². The van der Waals surface area contributed by atoms with Gasteiger partial charge in [0.15, 0.2) is 6.10 Å². The summed E-state index contributed by atoms with van der Waals surface area (Å²) in [5.74, 6) is 0.709. The van der Waals surface area contributed by atoms with Gasteiger partial charge in [-0.25, -0.2) is 0 Å². The largest absolute Gasteiger partial charge is 0.480 e. The van der Waals surface area contributed by atoms with E-state index >= 15 is 0 Å². The Balaban J connectivity index is 2.06. The third-order valence-electron chi connectivity index (χ3n) is 3.93. The summed E-state index contributed by atoms with van der Waals surface area (Å²) in [6, 6.07) is 7.68. The van der Waals surface area contributed by atoms with Crippen molar-refractivity contribution in [1.82, 2.24) is 4.90 Å². The van der Waals surface area contributed by atoms with Crippen LogP contribution in [0.1, 0.15) is 33.1 Å². The molecule has 5 heteroatoms. The van der Waals surface area contributed by atoms with Gasteiger partial charge in [-0.2, -0.15) is 0 Å². The quantitative estimate of drug-likeness (QED) is 0.904.